The average molecular weight is 688 g/mol. The van der Waals surface area contributed by atoms with Crippen LogP contribution >= 0.6 is 11.6 Å². The largest absolute Gasteiger partial charge is 0.435 e. The number of nitrogens with zero attached hydrogens (tertiary/aromatic N) is 8. The van der Waals surface area contributed by atoms with Gasteiger partial charge in [-0.1, -0.05) is 11.6 Å². The molecule has 2 fully saturated rings. The highest BCUT2D eigenvalue weighted by atomic mass is 35.5. The molecule has 4 aromatic rings. The van der Waals surface area contributed by atoms with Gasteiger partial charge in [-0.2, -0.15) is 18.3 Å². The number of alkyl halides is 3. The van der Waals surface area contributed by atoms with E-state index in [4.69, 9.17) is 11.6 Å². The van der Waals surface area contributed by atoms with Crippen LogP contribution in [-0.4, -0.2) is 126 Å². The molecule has 1 aromatic carbocycles. The Bertz CT molecular complexity index is 1840. The number of anilines is 1. The summed E-state index contributed by atoms with van der Waals surface area (Å²) >= 11 is 6.44. The Hall–Kier alpha value is -4.87. The third-order valence-corrected chi connectivity index (χ3v) is 8.68. The molecule has 2 saturated heterocycles. The normalized spacial score (nSPS) is 19.8. The summed E-state index contributed by atoms with van der Waals surface area (Å²) in [5.41, 5.74) is -1.26. The summed E-state index contributed by atoms with van der Waals surface area (Å²) in [6.45, 7) is 2.96. The Kier molecular flexibility index (Phi) is 8.93. The van der Waals surface area contributed by atoms with Gasteiger partial charge >= 0.3 is 6.18 Å². The topological polar surface area (TPSA) is 162 Å². The number of benzene rings is 1. The minimum atomic E-state index is -4.82. The molecule has 0 aliphatic carbocycles. The van der Waals surface area contributed by atoms with Crippen LogP contribution < -0.4 is 5.32 Å². The maximum atomic E-state index is 13.8. The van der Waals surface area contributed by atoms with E-state index in [1.807, 2.05) is 7.05 Å². The Morgan fingerprint density at radius 1 is 1.10 bits per heavy atom. The second-order valence-electron chi connectivity index (χ2n) is 12.0. The van der Waals surface area contributed by atoms with E-state index in [1.165, 1.54) is 36.7 Å². The number of piperazine rings is 1. The maximum absolute atomic E-state index is 13.8. The number of aliphatic hydroxyl groups is 1. The highest BCUT2D eigenvalue weighted by Gasteiger charge is 2.39. The van der Waals surface area contributed by atoms with Gasteiger partial charge in [0.15, 0.2) is 18.1 Å². The van der Waals surface area contributed by atoms with Gasteiger partial charge in [0, 0.05) is 56.9 Å². The zero-order valence-electron chi connectivity index (χ0n) is 25.6. The summed E-state index contributed by atoms with van der Waals surface area (Å²) in [6, 6.07) is 5.83. The van der Waals surface area contributed by atoms with Crippen LogP contribution in [0.25, 0.3) is 17.2 Å². The first-order valence-corrected chi connectivity index (χ1v) is 15.4. The first-order valence-electron chi connectivity index (χ1n) is 15.0. The summed E-state index contributed by atoms with van der Waals surface area (Å²) in [6.07, 6.45) is 0.349. The monoisotopic (exact) mass is 687 g/mol. The lowest BCUT2D eigenvalue weighted by Gasteiger charge is -2.37. The SMILES string of the molecule is C[N+]1(CC(=O)N2CCN(C(=O)c3ccc(NC(=O)c4ncc(-c5cn(-c6ncccn6)nc5C(F)(F)F)[nH]4)cc3Cl)CC2)CC[C@@H](O)C1. The fourth-order valence-electron chi connectivity index (χ4n) is 5.87. The molecule has 0 bridgehead atoms. The minimum Gasteiger partial charge on any atom is -0.387 e. The number of imidazole rings is 1. The van der Waals surface area contributed by atoms with Gasteiger partial charge in [0.2, 0.25) is 5.95 Å². The van der Waals surface area contributed by atoms with Crippen molar-refractivity contribution in [3.8, 4) is 17.2 Å². The second-order valence-corrected chi connectivity index (χ2v) is 12.4. The molecule has 2 aliphatic rings. The van der Waals surface area contributed by atoms with Crippen molar-refractivity contribution in [2.75, 3.05) is 58.2 Å². The minimum absolute atomic E-state index is 0.0156. The zero-order chi connectivity index (χ0) is 34.2. The van der Waals surface area contributed by atoms with Crippen LogP contribution in [0.15, 0.2) is 49.1 Å². The number of halogens is 4. The number of likely N-dealkylation sites (N-methyl/N-ethyl adjacent to an activating group) is 1. The quantitative estimate of drug-likeness (QED) is 0.250. The molecule has 2 atom stereocenters. The molecule has 1 unspecified atom stereocenters. The lowest BCUT2D eigenvalue weighted by molar-refractivity contribution is -0.891. The molecule has 18 heteroatoms. The standard InChI is InChI=1S/C30H30ClF3N10O4/c1-44(12-5-19(45)16-44)17-24(46)41-8-10-42(11-9-41)28(48)20-4-3-18(13-22(20)31)38-27(47)26-37-14-23(39-26)21-15-43(29-35-6-2-7-36-29)40-25(21)30(32,33)34/h2-4,6-7,13-15,19,45H,5,8-12,16-17H2,1H3,(H-,37,38,39,47,48)/p+1/t19-,44?/m1/s1. The predicted molar refractivity (Wildman–Crippen MR) is 165 cm³/mol. The molecular weight excluding hydrogens is 657 g/mol. The van der Waals surface area contributed by atoms with Gasteiger partial charge in [-0.25, -0.2) is 19.6 Å². The second kappa shape index (κ2) is 13.0. The van der Waals surface area contributed by atoms with E-state index in [9.17, 15) is 32.7 Å². The van der Waals surface area contributed by atoms with Gasteiger partial charge in [-0.3, -0.25) is 14.4 Å². The summed E-state index contributed by atoms with van der Waals surface area (Å²) in [5, 5.41) is 16.1. The van der Waals surface area contributed by atoms with Gasteiger partial charge in [0.1, 0.15) is 12.6 Å². The maximum Gasteiger partial charge on any atom is 0.435 e. The van der Waals surface area contributed by atoms with E-state index in [1.54, 1.807) is 9.80 Å². The van der Waals surface area contributed by atoms with Crippen LogP contribution in [0, 0.1) is 0 Å². The Morgan fingerprint density at radius 2 is 1.81 bits per heavy atom. The number of aromatic nitrogens is 6. The zero-order valence-corrected chi connectivity index (χ0v) is 26.4. The number of H-pyrrole nitrogens is 1. The van der Waals surface area contributed by atoms with E-state index in [0.29, 0.717) is 50.2 Å². The summed E-state index contributed by atoms with van der Waals surface area (Å²) < 4.78 is 42.8. The molecular formula is C30H31ClF3N10O4+. The molecule has 3 amide bonds. The van der Waals surface area contributed by atoms with Crippen molar-refractivity contribution in [1.29, 1.82) is 0 Å². The van der Waals surface area contributed by atoms with Gasteiger partial charge in [-0.05, 0) is 24.3 Å². The number of nitrogens with one attached hydrogen (secondary N) is 2. The fraction of sp³-hybridized carbons (Fsp3) is 0.367. The number of likely N-dealkylation sites (tertiary alicyclic amines) is 1. The first-order chi connectivity index (χ1) is 22.8. The number of carbonyl (C=O) groups is 3. The van der Waals surface area contributed by atoms with Crippen LogP contribution in [0.1, 0.15) is 33.1 Å². The van der Waals surface area contributed by atoms with Crippen molar-refractivity contribution in [1.82, 2.24) is 39.5 Å². The summed E-state index contributed by atoms with van der Waals surface area (Å²) in [5.74, 6) is -1.46. The molecule has 0 radical (unpaired) electrons. The number of rotatable bonds is 7. The highest BCUT2D eigenvalue weighted by Crippen LogP contribution is 2.36. The number of hydrogen-bond acceptors (Lipinski definition) is 8. The average Bonchev–Trinajstić information content (AvgIpc) is 3.80. The first kappa shape index (κ1) is 33.0. The fourth-order valence-corrected chi connectivity index (χ4v) is 6.14. The van der Waals surface area contributed by atoms with Crippen LogP contribution in [0.5, 0.6) is 0 Å². The predicted octanol–water partition coefficient (Wildman–Crippen LogP) is 2.47. The van der Waals surface area contributed by atoms with Gasteiger partial charge in [0.05, 0.1) is 41.6 Å². The third-order valence-electron chi connectivity index (χ3n) is 8.37. The molecule has 14 nitrogen and oxygen atoms in total. The highest BCUT2D eigenvalue weighted by molar-refractivity contribution is 6.34. The molecule has 0 saturated carbocycles. The molecule has 48 heavy (non-hydrogen) atoms. The van der Waals surface area contributed by atoms with Crippen molar-refractivity contribution in [3.63, 3.8) is 0 Å². The van der Waals surface area contributed by atoms with Gasteiger partial charge < -0.3 is 29.7 Å². The molecule has 2 aliphatic heterocycles. The molecule has 5 heterocycles. The molecule has 3 N–H and O–H groups in total. The number of hydrogen-bond donors (Lipinski definition) is 3. The van der Waals surface area contributed by atoms with Crippen molar-refractivity contribution < 1.29 is 37.1 Å². The van der Waals surface area contributed by atoms with Crippen molar-refractivity contribution in [2.24, 2.45) is 0 Å². The van der Waals surface area contributed by atoms with Gasteiger partial charge in [-0.15, -0.1) is 0 Å². The van der Waals surface area contributed by atoms with E-state index in [-0.39, 0.29) is 51.1 Å². The summed E-state index contributed by atoms with van der Waals surface area (Å²) in [4.78, 5) is 56.8. The van der Waals surface area contributed by atoms with E-state index in [2.05, 4.69) is 30.4 Å². The number of aromatic amines is 1. The van der Waals surface area contributed by atoms with Crippen LogP contribution in [0.4, 0.5) is 18.9 Å². The van der Waals surface area contributed by atoms with Crippen molar-refractivity contribution in [2.45, 2.75) is 18.7 Å². The smallest absolute Gasteiger partial charge is 0.387 e. The Labute approximate surface area is 276 Å². The van der Waals surface area contributed by atoms with Crippen molar-refractivity contribution in [3.05, 3.63) is 71.2 Å². The van der Waals surface area contributed by atoms with Crippen LogP contribution in [0.3, 0.4) is 0 Å². The number of carbonyl (C=O) groups excluding carboxylic acids is 3. The molecule has 6 rings (SSSR count). The number of quaternary nitrogens is 1. The van der Waals surface area contributed by atoms with Crippen LogP contribution in [0.2, 0.25) is 5.02 Å². The van der Waals surface area contributed by atoms with Crippen LogP contribution in [-0.2, 0) is 11.0 Å². The lowest BCUT2D eigenvalue weighted by Crippen LogP contribution is -2.55. The third kappa shape index (κ3) is 7.02. The molecule has 0 spiro atoms. The van der Waals surface area contributed by atoms with E-state index >= 15 is 0 Å². The number of amides is 3. The summed E-state index contributed by atoms with van der Waals surface area (Å²) in [7, 11) is 1.96. The Morgan fingerprint density at radius 3 is 2.46 bits per heavy atom. The van der Waals surface area contributed by atoms with Crippen molar-refractivity contribution >= 4 is 35.0 Å². The molecule has 252 valence electrons. The van der Waals surface area contributed by atoms with E-state index < -0.39 is 23.9 Å². The lowest BCUT2D eigenvalue weighted by atomic mass is 10.1. The van der Waals surface area contributed by atoms with Gasteiger partial charge in [0.25, 0.3) is 17.7 Å². The Balaban J connectivity index is 1.08. The molecule has 3 aromatic heterocycles. The number of aliphatic hydroxyl groups excluding tert-OH is 1. The van der Waals surface area contributed by atoms with E-state index in [0.717, 1.165) is 23.6 Å².